The van der Waals surface area contributed by atoms with E-state index in [-0.39, 0.29) is 9.92 Å². The molecule has 0 radical (unpaired) electrons. The normalized spacial score (nSPS) is 22.2. The Balaban J connectivity index is 1.56. The Morgan fingerprint density at radius 1 is 1.18 bits per heavy atom. The molecule has 1 aromatic carbocycles. The van der Waals surface area contributed by atoms with Crippen LogP contribution >= 0.6 is 11.6 Å². The zero-order valence-corrected chi connectivity index (χ0v) is 13.8. The van der Waals surface area contributed by atoms with Crippen LogP contribution in [-0.2, 0) is 19.5 Å². The minimum absolute atomic E-state index is 0.131. The molecular weight excluding hydrogens is 326 g/mol. The zero-order valence-electron chi connectivity index (χ0n) is 12.3. The van der Waals surface area contributed by atoms with Crippen LogP contribution in [0.2, 0.25) is 5.02 Å². The Morgan fingerprint density at radius 2 is 1.82 bits per heavy atom. The van der Waals surface area contributed by atoms with Crippen LogP contribution in [0.1, 0.15) is 25.7 Å². The number of hydrogen-bond donors (Lipinski definition) is 1. The summed E-state index contributed by atoms with van der Waals surface area (Å²) in [6, 6.07) is 6.47. The molecule has 0 aromatic heterocycles. The summed E-state index contributed by atoms with van der Waals surface area (Å²) in [6.45, 7) is 1.73. The van der Waals surface area contributed by atoms with Gasteiger partial charge in [0.15, 0.2) is 5.79 Å². The summed E-state index contributed by atoms with van der Waals surface area (Å²) in [5, 5.41) is 0.241. The van der Waals surface area contributed by atoms with Crippen molar-refractivity contribution in [3.63, 3.8) is 0 Å². The van der Waals surface area contributed by atoms with Gasteiger partial charge in [-0.2, -0.15) is 0 Å². The summed E-state index contributed by atoms with van der Waals surface area (Å²) < 4.78 is 38.6. The van der Waals surface area contributed by atoms with Crippen LogP contribution in [0.4, 0.5) is 0 Å². The van der Waals surface area contributed by atoms with E-state index in [9.17, 15) is 8.42 Å². The highest BCUT2D eigenvalue weighted by molar-refractivity contribution is 7.89. The summed E-state index contributed by atoms with van der Waals surface area (Å²) in [7, 11) is -3.56. The Hall–Kier alpha value is -0.660. The third-order valence-electron chi connectivity index (χ3n) is 4.37. The van der Waals surface area contributed by atoms with Crippen molar-refractivity contribution in [2.75, 3.05) is 19.8 Å². The monoisotopic (exact) mass is 345 g/mol. The molecule has 0 amide bonds. The quantitative estimate of drug-likeness (QED) is 0.910. The number of hydrogen-bond acceptors (Lipinski definition) is 4. The maximum Gasteiger partial charge on any atom is 0.242 e. The third-order valence-corrected chi connectivity index (χ3v) is 6.29. The lowest BCUT2D eigenvalue weighted by molar-refractivity contribution is -0.182. The second kappa shape index (κ2) is 6.45. The summed E-state index contributed by atoms with van der Waals surface area (Å²) >= 11 is 5.96. The second-order valence-corrected chi connectivity index (χ2v) is 7.98. The first-order chi connectivity index (χ1) is 10.5. The van der Waals surface area contributed by atoms with Gasteiger partial charge in [0.25, 0.3) is 0 Å². The molecule has 7 heteroatoms. The zero-order chi connectivity index (χ0) is 15.6. The van der Waals surface area contributed by atoms with Crippen molar-refractivity contribution in [2.24, 2.45) is 5.92 Å². The molecule has 2 aliphatic rings. The topological polar surface area (TPSA) is 64.6 Å². The van der Waals surface area contributed by atoms with Crippen molar-refractivity contribution in [1.29, 1.82) is 0 Å². The van der Waals surface area contributed by atoms with Gasteiger partial charge in [0.05, 0.1) is 18.2 Å². The van der Waals surface area contributed by atoms with Crippen LogP contribution in [0.5, 0.6) is 0 Å². The second-order valence-electron chi connectivity index (χ2n) is 5.83. The highest BCUT2D eigenvalue weighted by Gasteiger charge is 2.40. The fraction of sp³-hybridized carbons (Fsp3) is 0.600. The molecule has 1 saturated carbocycles. The Labute approximate surface area is 136 Å². The van der Waals surface area contributed by atoms with Crippen molar-refractivity contribution >= 4 is 21.6 Å². The van der Waals surface area contributed by atoms with Crippen LogP contribution in [0.25, 0.3) is 0 Å². The lowest BCUT2D eigenvalue weighted by atomic mass is 9.85. The van der Waals surface area contributed by atoms with E-state index in [1.807, 2.05) is 0 Å². The predicted octanol–water partition coefficient (Wildman–Crippen LogP) is 2.55. The van der Waals surface area contributed by atoms with Crippen LogP contribution in [-0.4, -0.2) is 34.0 Å². The largest absolute Gasteiger partial charge is 0.348 e. The Bertz CT molecular complexity index is 618. The molecule has 2 fully saturated rings. The van der Waals surface area contributed by atoms with Gasteiger partial charge in [0, 0.05) is 19.4 Å². The average Bonchev–Trinajstić information content (AvgIpc) is 2.95. The molecule has 5 nitrogen and oxygen atoms in total. The molecular formula is C15H20ClNO4S. The van der Waals surface area contributed by atoms with Gasteiger partial charge < -0.3 is 9.47 Å². The summed E-state index contributed by atoms with van der Waals surface area (Å²) in [5.74, 6) is -0.103. The van der Waals surface area contributed by atoms with Crippen molar-refractivity contribution in [2.45, 2.75) is 36.4 Å². The van der Waals surface area contributed by atoms with Gasteiger partial charge in [-0.15, -0.1) is 0 Å². The number of halogens is 1. The predicted molar refractivity (Wildman–Crippen MR) is 83.2 cm³/mol. The van der Waals surface area contributed by atoms with Crippen molar-refractivity contribution in [3.05, 3.63) is 29.3 Å². The Morgan fingerprint density at radius 3 is 2.45 bits per heavy atom. The van der Waals surface area contributed by atoms with E-state index in [0.29, 0.717) is 25.7 Å². The lowest BCUT2D eigenvalue weighted by Crippen LogP contribution is -2.38. The van der Waals surface area contributed by atoms with Crippen LogP contribution in [0, 0.1) is 5.92 Å². The van der Waals surface area contributed by atoms with Gasteiger partial charge in [0.2, 0.25) is 10.0 Å². The first kappa shape index (κ1) is 16.2. The summed E-state index contributed by atoms with van der Waals surface area (Å²) in [4.78, 5) is 0.131. The fourth-order valence-corrected chi connectivity index (χ4v) is 4.71. The molecule has 3 rings (SSSR count). The minimum atomic E-state index is -3.56. The van der Waals surface area contributed by atoms with E-state index in [0.717, 1.165) is 25.7 Å². The van der Waals surface area contributed by atoms with E-state index in [1.54, 1.807) is 18.2 Å². The van der Waals surface area contributed by atoms with Crippen LogP contribution < -0.4 is 4.72 Å². The van der Waals surface area contributed by atoms with E-state index in [2.05, 4.69) is 4.72 Å². The molecule has 1 saturated heterocycles. The van der Waals surface area contributed by atoms with Crippen molar-refractivity contribution in [3.8, 4) is 0 Å². The molecule has 1 aliphatic heterocycles. The van der Waals surface area contributed by atoms with Gasteiger partial charge in [-0.05, 0) is 30.9 Å². The Kier molecular flexibility index (Phi) is 4.75. The van der Waals surface area contributed by atoms with Crippen LogP contribution in [0.15, 0.2) is 29.2 Å². The summed E-state index contributed by atoms with van der Waals surface area (Å²) in [6.07, 6.45) is 3.44. The third kappa shape index (κ3) is 3.46. The van der Waals surface area contributed by atoms with E-state index in [4.69, 9.17) is 21.1 Å². The van der Waals surface area contributed by atoms with E-state index >= 15 is 0 Å². The molecule has 0 bridgehead atoms. The fourth-order valence-electron chi connectivity index (χ4n) is 3.08. The van der Waals surface area contributed by atoms with Gasteiger partial charge in [0.1, 0.15) is 4.90 Å². The molecule has 0 atom stereocenters. The molecule has 22 heavy (non-hydrogen) atoms. The van der Waals surface area contributed by atoms with E-state index < -0.39 is 15.8 Å². The smallest absolute Gasteiger partial charge is 0.242 e. The number of ether oxygens (including phenoxy) is 2. The van der Waals surface area contributed by atoms with Gasteiger partial charge in [-0.1, -0.05) is 23.7 Å². The van der Waals surface area contributed by atoms with Crippen molar-refractivity contribution < 1.29 is 17.9 Å². The highest BCUT2D eigenvalue weighted by Crippen LogP contribution is 2.38. The standard InChI is InChI=1S/C15H20ClNO4S/c16-13-3-1-2-4-14(13)22(18,19)17-11-12-5-7-15(8-6-12)20-9-10-21-15/h1-4,12,17H,5-11H2. The number of nitrogens with one attached hydrogen (secondary N) is 1. The van der Waals surface area contributed by atoms with Gasteiger partial charge >= 0.3 is 0 Å². The van der Waals surface area contributed by atoms with Gasteiger partial charge in [-0.25, -0.2) is 13.1 Å². The lowest BCUT2D eigenvalue weighted by Gasteiger charge is -2.35. The average molecular weight is 346 g/mol. The number of rotatable bonds is 4. The molecule has 1 N–H and O–H groups in total. The van der Waals surface area contributed by atoms with Gasteiger partial charge in [-0.3, -0.25) is 0 Å². The maximum atomic E-state index is 12.3. The first-order valence-electron chi connectivity index (χ1n) is 7.53. The molecule has 122 valence electrons. The minimum Gasteiger partial charge on any atom is -0.348 e. The first-order valence-corrected chi connectivity index (χ1v) is 9.39. The molecule has 1 spiro atoms. The highest BCUT2D eigenvalue weighted by atomic mass is 35.5. The maximum absolute atomic E-state index is 12.3. The molecule has 0 unspecified atom stereocenters. The summed E-state index contributed by atoms with van der Waals surface area (Å²) in [5.41, 5.74) is 0. The van der Waals surface area contributed by atoms with Crippen molar-refractivity contribution in [1.82, 2.24) is 4.72 Å². The SMILES string of the molecule is O=S(=O)(NCC1CCC2(CC1)OCCO2)c1ccccc1Cl. The molecule has 1 heterocycles. The van der Waals surface area contributed by atoms with Crippen LogP contribution in [0.3, 0.4) is 0 Å². The van der Waals surface area contributed by atoms with E-state index in [1.165, 1.54) is 6.07 Å². The molecule has 1 aliphatic carbocycles. The number of benzene rings is 1. The number of sulfonamides is 1. The molecule has 1 aromatic rings.